The standard InChI is InChI=1S/C21H24N4O5/c1-28-16-5-3-15(4-6-16)25-12-14(11-20(25)26)21(27)24-10-9-17(13-24)30-19-8-7-18(29-2)22-23-19/h3-8,14,17H,9-13H2,1-2H3. The molecule has 1 aromatic carbocycles. The van der Waals surface area contributed by atoms with Crippen LogP contribution < -0.4 is 19.1 Å². The Morgan fingerprint density at radius 3 is 2.40 bits per heavy atom. The van der Waals surface area contributed by atoms with Crippen molar-refractivity contribution in [3.8, 4) is 17.5 Å². The Bertz CT molecular complexity index is 903. The van der Waals surface area contributed by atoms with Gasteiger partial charge in [-0.2, -0.15) is 0 Å². The van der Waals surface area contributed by atoms with E-state index in [1.807, 2.05) is 24.3 Å². The van der Waals surface area contributed by atoms with Crippen molar-refractivity contribution in [3.05, 3.63) is 36.4 Å². The SMILES string of the molecule is COc1ccc(N2CC(C(=O)N3CCC(Oc4ccc(OC)nn4)C3)CC2=O)cc1. The second-order valence-corrected chi connectivity index (χ2v) is 7.33. The Hall–Kier alpha value is -3.36. The summed E-state index contributed by atoms with van der Waals surface area (Å²) in [6.45, 7) is 1.45. The molecule has 2 aliphatic rings. The lowest BCUT2D eigenvalue weighted by atomic mass is 10.1. The number of hydrogen-bond donors (Lipinski definition) is 0. The highest BCUT2D eigenvalue weighted by atomic mass is 16.5. The Morgan fingerprint density at radius 2 is 1.73 bits per heavy atom. The highest BCUT2D eigenvalue weighted by Gasteiger charge is 2.39. The zero-order chi connectivity index (χ0) is 21.1. The van der Waals surface area contributed by atoms with Gasteiger partial charge in [0.1, 0.15) is 11.9 Å². The Balaban J connectivity index is 1.33. The van der Waals surface area contributed by atoms with Gasteiger partial charge in [-0.3, -0.25) is 9.59 Å². The van der Waals surface area contributed by atoms with E-state index in [0.717, 1.165) is 11.4 Å². The monoisotopic (exact) mass is 412 g/mol. The predicted octanol–water partition coefficient (Wildman–Crippen LogP) is 1.53. The number of amides is 2. The third-order valence-corrected chi connectivity index (χ3v) is 5.43. The number of anilines is 1. The number of rotatable bonds is 6. The molecular weight excluding hydrogens is 388 g/mol. The molecule has 1 aromatic heterocycles. The van der Waals surface area contributed by atoms with Gasteiger partial charge in [-0.15, -0.1) is 10.2 Å². The summed E-state index contributed by atoms with van der Waals surface area (Å²) >= 11 is 0. The average Bonchev–Trinajstić information content (AvgIpc) is 3.40. The molecule has 2 saturated heterocycles. The molecule has 0 saturated carbocycles. The van der Waals surface area contributed by atoms with Crippen molar-refractivity contribution in [3.63, 3.8) is 0 Å². The molecule has 0 bridgehead atoms. The largest absolute Gasteiger partial charge is 0.497 e. The number of benzene rings is 1. The molecule has 2 aliphatic heterocycles. The van der Waals surface area contributed by atoms with Gasteiger partial charge in [0.25, 0.3) is 0 Å². The second kappa shape index (κ2) is 8.56. The van der Waals surface area contributed by atoms with Crippen LogP contribution in [-0.4, -0.2) is 66.9 Å². The number of aromatic nitrogens is 2. The van der Waals surface area contributed by atoms with E-state index in [-0.39, 0.29) is 30.3 Å². The molecule has 0 N–H and O–H groups in total. The first-order valence-electron chi connectivity index (χ1n) is 9.85. The highest BCUT2D eigenvalue weighted by molar-refractivity contribution is 6.00. The van der Waals surface area contributed by atoms with Crippen LogP contribution >= 0.6 is 0 Å². The molecule has 2 unspecified atom stereocenters. The molecule has 0 spiro atoms. The Morgan fingerprint density at radius 1 is 1.00 bits per heavy atom. The number of hydrogen-bond acceptors (Lipinski definition) is 7. The van der Waals surface area contributed by atoms with E-state index in [9.17, 15) is 9.59 Å². The summed E-state index contributed by atoms with van der Waals surface area (Å²) in [6, 6.07) is 10.7. The van der Waals surface area contributed by atoms with Gasteiger partial charge < -0.3 is 24.0 Å². The van der Waals surface area contributed by atoms with Crippen molar-refractivity contribution in [1.29, 1.82) is 0 Å². The summed E-state index contributed by atoms with van der Waals surface area (Å²) in [5.41, 5.74) is 0.775. The summed E-state index contributed by atoms with van der Waals surface area (Å²) in [4.78, 5) is 28.9. The molecule has 9 nitrogen and oxygen atoms in total. The lowest BCUT2D eigenvalue weighted by Gasteiger charge is -2.21. The van der Waals surface area contributed by atoms with E-state index in [1.54, 1.807) is 29.0 Å². The second-order valence-electron chi connectivity index (χ2n) is 7.33. The van der Waals surface area contributed by atoms with Crippen LogP contribution in [0.5, 0.6) is 17.5 Å². The number of ether oxygens (including phenoxy) is 3. The summed E-state index contributed by atoms with van der Waals surface area (Å²) < 4.78 is 16.0. The molecule has 9 heteroatoms. The molecule has 2 aromatic rings. The Labute approximate surface area is 174 Å². The number of carbonyl (C=O) groups excluding carboxylic acids is 2. The fourth-order valence-corrected chi connectivity index (χ4v) is 3.82. The first-order valence-corrected chi connectivity index (χ1v) is 9.85. The quantitative estimate of drug-likeness (QED) is 0.710. The third-order valence-electron chi connectivity index (χ3n) is 5.43. The third kappa shape index (κ3) is 4.14. The van der Waals surface area contributed by atoms with Gasteiger partial charge in [0.05, 0.1) is 26.7 Å². The molecule has 158 valence electrons. The van der Waals surface area contributed by atoms with Gasteiger partial charge in [-0.25, -0.2) is 0 Å². The first kappa shape index (κ1) is 19.9. The van der Waals surface area contributed by atoms with Gasteiger partial charge in [-0.1, -0.05) is 0 Å². The van der Waals surface area contributed by atoms with E-state index in [1.165, 1.54) is 7.11 Å². The van der Waals surface area contributed by atoms with Crippen LogP contribution in [0.15, 0.2) is 36.4 Å². The molecule has 2 atom stereocenters. The van der Waals surface area contributed by atoms with Crippen LogP contribution in [0.4, 0.5) is 5.69 Å². The minimum Gasteiger partial charge on any atom is -0.497 e. The van der Waals surface area contributed by atoms with Crippen LogP contribution in [0.3, 0.4) is 0 Å². The van der Waals surface area contributed by atoms with E-state index >= 15 is 0 Å². The molecular formula is C21H24N4O5. The van der Waals surface area contributed by atoms with Gasteiger partial charge in [0.15, 0.2) is 0 Å². The number of likely N-dealkylation sites (tertiary alicyclic amines) is 1. The van der Waals surface area contributed by atoms with E-state index in [0.29, 0.717) is 37.8 Å². The van der Waals surface area contributed by atoms with Crippen LogP contribution in [0.1, 0.15) is 12.8 Å². The van der Waals surface area contributed by atoms with Crippen LogP contribution in [0.2, 0.25) is 0 Å². The minimum absolute atomic E-state index is 0.00808. The summed E-state index contributed by atoms with van der Waals surface area (Å²) in [6.07, 6.45) is 0.783. The molecule has 2 amide bonds. The molecule has 3 heterocycles. The zero-order valence-corrected chi connectivity index (χ0v) is 17.0. The van der Waals surface area contributed by atoms with Gasteiger partial charge in [-0.05, 0) is 24.3 Å². The highest BCUT2D eigenvalue weighted by Crippen LogP contribution is 2.29. The van der Waals surface area contributed by atoms with Crippen molar-refractivity contribution in [2.24, 2.45) is 5.92 Å². The lowest BCUT2D eigenvalue weighted by molar-refractivity contribution is -0.135. The molecule has 0 radical (unpaired) electrons. The molecule has 0 aliphatic carbocycles. The van der Waals surface area contributed by atoms with Crippen LogP contribution in [-0.2, 0) is 9.59 Å². The minimum atomic E-state index is -0.348. The van der Waals surface area contributed by atoms with Crippen molar-refractivity contribution in [1.82, 2.24) is 15.1 Å². The first-order chi connectivity index (χ1) is 14.6. The maximum Gasteiger partial charge on any atom is 0.233 e. The van der Waals surface area contributed by atoms with Gasteiger partial charge in [0.2, 0.25) is 23.6 Å². The molecule has 2 fully saturated rings. The lowest BCUT2D eigenvalue weighted by Crippen LogP contribution is -2.37. The molecule has 30 heavy (non-hydrogen) atoms. The predicted molar refractivity (Wildman–Crippen MR) is 108 cm³/mol. The maximum absolute atomic E-state index is 13.0. The number of carbonyl (C=O) groups is 2. The number of methoxy groups -OCH3 is 2. The summed E-state index contributed by atoms with van der Waals surface area (Å²) in [5, 5.41) is 7.85. The van der Waals surface area contributed by atoms with Crippen molar-refractivity contribution >= 4 is 17.5 Å². The van der Waals surface area contributed by atoms with Gasteiger partial charge >= 0.3 is 0 Å². The van der Waals surface area contributed by atoms with Crippen LogP contribution in [0, 0.1) is 5.92 Å². The molecule has 4 rings (SSSR count). The fraction of sp³-hybridized carbons (Fsp3) is 0.429. The zero-order valence-electron chi connectivity index (χ0n) is 17.0. The van der Waals surface area contributed by atoms with Gasteiger partial charge in [0, 0.05) is 43.8 Å². The topological polar surface area (TPSA) is 94.1 Å². The van der Waals surface area contributed by atoms with Crippen molar-refractivity contribution < 1.29 is 23.8 Å². The summed E-state index contributed by atoms with van der Waals surface area (Å²) in [5.74, 6) is 1.14. The average molecular weight is 412 g/mol. The number of nitrogens with zero attached hydrogens (tertiary/aromatic N) is 4. The van der Waals surface area contributed by atoms with E-state index < -0.39 is 0 Å². The smallest absolute Gasteiger partial charge is 0.233 e. The van der Waals surface area contributed by atoms with Crippen molar-refractivity contribution in [2.75, 3.05) is 38.8 Å². The van der Waals surface area contributed by atoms with Crippen molar-refractivity contribution in [2.45, 2.75) is 18.9 Å². The maximum atomic E-state index is 13.0. The fourth-order valence-electron chi connectivity index (χ4n) is 3.82. The normalized spacial score (nSPS) is 21.1. The van der Waals surface area contributed by atoms with E-state index in [4.69, 9.17) is 14.2 Å². The summed E-state index contributed by atoms with van der Waals surface area (Å²) in [7, 11) is 3.12. The van der Waals surface area contributed by atoms with E-state index in [2.05, 4.69) is 10.2 Å². The van der Waals surface area contributed by atoms with Crippen LogP contribution in [0.25, 0.3) is 0 Å². The Kier molecular flexibility index (Phi) is 5.69.